The molecule has 2 rings (SSSR count). The van der Waals surface area contributed by atoms with Gasteiger partial charge in [-0.25, -0.2) is 0 Å². The van der Waals surface area contributed by atoms with Crippen LogP contribution in [0.25, 0.3) is 0 Å². The highest BCUT2D eigenvalue weighted by Gasteiger charge is 2.24. The molecule has 1 unspecified atom stereocenters. The maximum Gasteiger partial charge on any atom is 0.00928 e. The van der Waals surface area contributed by atoms with Gasteiger partial charge in [0.2, 0.25) is 0 Å². The maximum absolute atomic E-state index is 3.84. The molecule has 1 heteroatoms. The number of hydrogen-bond acceptors (Lipinski definition) is 1. The van der Waals surface area contributed by atoms with Crippen molar-refractivity contribution in [3.8, 4) is 0 Å². The number of nitrogens with one attached hydrogen (secondary N) is 1. The topological polar surface area (TPSA) is 12.0 Å². The summed E-state index contributed by atoms with van der Waals surface area (Å²) in [6.07, 6.45) is 13.2. The van der Waals surface area contributed by atoms with Crippen molar-refractivity contribution < 1.29 is 0 Å². The predicted molar refractivity (Wildman–Crippen MR) is 66.0 cm³/mol. The van der Waals surface area contributed by atoms with Crippen LogP contribution >= 0.6 is 0 Å². The summed E-state index contributed by atoms with van der Waals surface area (Å²) in [6.45, 7) is 3.65. The summed E-state index contributed by atoms with van der Waals surface area (Å²) in [5.74, 6) is 2.01. The lowest BCUT2D eigenvalue weighted by molar-refractivity contribution is 0.228. The quantitative estimate of drug-likeness (QED) is 0.727. The van der Waals surface area contributed by atoms with Gasteiger partial charge in [-0.15, -0.1) is 0 Å². The molecule has 0 saturated heterocycles. The van der Waals surface area contributed by atoms with E-state index in [0.29, 0.717) is 0 Å². The van der Waals surface area contributed by atoms with E-state index >= 15 is 0 Å². The lowest BCUT2D eigenvalue weighted by Gasteiger charge is -2.33. The van der Waals surface area contributed by atoms with Gasteiger partial charge < -0.3 is 5.32 Å². The van der Waals surface area contributed by atoms with E-state index in [-0.39, 0.29) is 0 Å². The molecule has 0 aromatic heterocycles. The van der Waals surface area contributed by atoms with Crippen LogP contribution in [-0.2, 0) is 0 Å². The van der Waals surface area contributed by atoms with E-state index in [9.17, 15) is 0 Å². The second kappa shape index (κ2) is 5.89. The van der Waals surface area contributed by atoms with Gasteiger partial charge in [-0.2, -0.15) is 0 Å². The average molecular weight is 209 g/mol. The largest absolute Gasteiger partial charge is 0.313 e. The first-order chi connectivity index (χ1) is 7.40. The summed E-state index contributed by atoms with van der Waals surface area (Å²) in [6, 6.07) is 0.825. The van der Waals surface area contributed by atoms with Crippen LogP contribution in [0.3, 0.4) is 0 Å². The molecule has 2 saturated carbocycles. The predicted octanol–water partition coefficient (Wildman–Crippen LogP) is 3.74. The first kappa shape index (κ1) is 11.4. The Morgan fingerprint density at radius 2 is 1.73 bits per heavy atom. The van der Waals surface area contributed by atoms with Crippen molar-refractivity contribution in [2.24, 2.45) is 11.8 Å². The smallest absolute Gasteiger partial charge is 0.00928 e. The molecule has 1 nitrogen and oxygen atoms in total. The number of rotatable bonds is 5. The van der Waals surface area contributed by atoms with E-state index in [1.807, 2.05) is 0 Å². The lowest BCUT2D eigenvalue weighted by atomic mass is 9.81. The van der Waals surface area contributed by atoms with Crippen molar-refractivity contribution in [3.05, 3.63) is 0 Å². The normalized spacial score (nSPS) is 26.2. The van der Waals surface area contributed by atoms with E-state index in [2.05, 4.69) is 12.2 Å². The van der Waals surface area contributed by atoms with Gasteiger partial charge in [0, 0.05) is 6.04 Å². The minimum absolute atomic E-state index is 0.825. The fourth-order valence-electron chi connectivity index (χ4n) is 3.20. The molecule has 0 bridgehead atoms. The van der Waals surface area contributed by atoms with Gasteiger partial charge in [0.15, 0.2) is 0 Å². The molecule has 88 valence electrons. The monoisotopic (exact) mass is 209 g/mol. The molecule has 1 atom stereocenters. The van der Waals surface area contributed by atoms with E-state index < -0.39 is 0 Å². The Labute approximate surface area is 95.0 Å². The summed E-state index contributed by atoms with van der Waals surface area (Å²) < 4.78 is 0. The second-order valence-electron chi connectivity index (χ2n) is 5.62. The highest BCUT2D eigenvalue weighted by Crippen LogP contribution is 2.29. The molecule has 2 fully saturated rings. The first-order valence-corrected chi connectivity index (χ1v) is 7.13. The molecule has 0 aliphatic heterocycles. The van der Waals surface area contributed by atoms with Crippen molar-refractivity contribution in [2.45, 2.75) is 70.8 Å². The molecule has 1 N–H and O–H groups in total. The van der Waals surface area contributed by atoms with Crippen LogP contribution < -0.4 is 5.32 Å². The van der Waals surface area contributed by atoms with Gasteiger partial charge in [-0.1, -0.05) is 32.6 Å². The minimum Gasteiger partial charge on any atom is -0.313 e. The molecule has 0 radical (unpaired) electrons. The summed E-state index contributed by atoms with van der Waals surface area (Å²) >= 11 is 0. The third-order valence-corrected chi connectivity index (χ3v) is 4.55. The van der Waals surface area contributed by atoms with Crippen LogP contribution in [0.4, 0.5) is 0 Å². The molecule has 0 aromatic rings. The molecule has 0 aromatic carbocycles. The highest BCUT2D eigenvalue weighted by molar-refractivity contribution is 4.81. The van der Waals surface area contributed by atoms with E-state index in [4.69, 9.17) is 0 Å². The van der Waals surface area contributed by atoms with Crippen LogP contribution in [0.15, 0.2) is 0 Å². The fraction of sp³-hybridized carbons (Fsp3) is 1.00. The first-order valence-electron chi connectivity index (χ1n) is 7.13. The zero-order valence-corrected chi connectivity index (χ0v) is 10.3. The summed E-state index contributed by atoms with van der Waals surface area (Å²) in [5, 5.41) is 3.84. The molecular weight excluding hydrogens is 182 g/mol. The zero-order chi connectivity index (χ0) is 10.5. The van der Waals surface area contributed by atoms with E-state index in [1.165, 1.54) is 64.3 Å². The van der Waals surface area contributed by atoms with Gasteiger partial charge in [0.05, 0.1) is 0 Å². The Morgan fingerprint density at radius 1 is 1.00 bits per heavy atom. The Morgan fingerprint density at radius 3 is 2.27 bits per heavy atom. The fourth-order valence-corrected chi connectivity index (χ4v) is 3.20. The molecule has 0 spiro atoms. The van der Waals surface area contributed by atoms with Gasteiger partial charge in [0.25, 0.3) is 0 Å². The van der Waals surface area contributed by atoms with Crippen LogP contribution in [0, 0.1) is 11.8 Å². The standard InChI is InChI=1S/C14H27N/c1-2-14(13-9-4-3-5-10-13)15-11-12-7-6-8-12/h12-15H,2-11H2,1H3. The minimum atomic E-state index is 0.825. The van der Waals surface area contributed by atoms with Crippen LogP contribution in [-0.4, -0.2) is 12.6 Å². The molecule has 2 aliphatic carbocycles. The molecule has 0 heterocycles. The van der Waals surface area contributed by atoms with Gasteiger partial charge in [-0.3, -0.25) is 0 Å². The summed E-state index contributed by atoms with van der Waals surface area (Å²) in [5.41, 5.74) is 0. The van der Waals surface area contributed by atoms with Gasteiger partial charge in [0.1, 0.15) is 0 Å². The SMILES string of the molecule is CCC(NCC1CCC1)C1CCCCC1. The van der Waals surface area contributed by atoms with Gasteiger partial charge in [-0.05, 0) is 50.5 Å². The Bertz CT molecular complexity index is 168. The number of hydrogen-bond donors (Lipinski definition) is 1. The Kier molecular flexibility index (Phi) is 4.49. The average Bonchev–Trinajstić information content (AvgIpc) is 2.23. The van der Waals surface area contributed by atoms with Crippen molar-refractivity contribution in [3.63, 3.8) is 0 Å². The molecule has 2 aliphatic rings. The second-order valence-corrected chi connectivity index (χ2v) is 5.62. The molecule has 0 amide bonds. The van der Waals surface area contributed by atoms with Crippen LogP contribution in [0.2, 0.25) is 0 Å². The Hall–Kier alpha value is -0.0400. The molecular formula is C14H27N. The highest BCUT2D eigenvalue weighted by atomic mass is 14.9. The third-order valence-electron chi connectivity index (χ3n) is 4.55. The van der Waals surface area contributed by atoms with Crippen molar-refractivity contribution in [2.75, 3.05) is 6.54 Å². The zero-order valence-electron chi connectivity index (χ0n) is 10.3. The lowest BCUT2D eigenvalue weighted by Crippen LogP contribution is -2.40. The third kappa shape index (κ3) is 3.21. The van der Waals surface area contributed by atoms with Crippen LogP contribution in [0.1, 0.15) is 64.7 Å². The van der Waals surface area contributed by atoms with Crippen molar-refractivity contribution in [1.29, 1.82) is 0 Å². The van der Waals surface area contributed by atoms with Crippen LogP contribution in [0.5, 0.6) is 0 Å². The van der Waals surface area contributed by atoms with Crippen molar-refractivity contribution >= 4 is 0 Å². The Balaban J connectivity index is 1.69. The maximum atomic E-state index is 3.84. The summed E-state index contributed by atoms with van der Waals surface area (Å²) in [4.78, 5) is 0. The molecule has 15 heavy (non-hydrogen) atoms. The summed E-state index contributed by atoms with van der Waals surface area (Å²) in [7, 11) is 0. The van der Waals surface area contributed by atoms with Crippen molar-refractivity contribution in [1.82, 2.24) is 5.32 Å². The van der Waals surface area contributed by atoms with E-state index in [0.717, 1.165) is 17.9 Å². The van der Waals surface area contributed by atoms with E-state index in [1.54, 1.807) is 0 Å². The van der Waals surface area contributed by atoms with Gasteiger partial charge >= 0.3 is 0 Å².